The van der Waals surface area contributed by atoms with E-state index >= 15 is 0 Å². The van der Waals surface area contributed by atoms with Crippen LogP contribution in [-0.4, -0.2) is 49.4 Å². The summed E-state index contributed by atoms with van der Waals surface area (Å²) in [5.74, 6) is -2.17. The summed E-state index contributed by atoms with van der Waals surface area (Å²) in [5.41, 5.74) is -0.134. The van der Waals surface area contributed by atoms with Gasteiger partial charge in [-0.05, 0) is 31.5 Å². The van der Waals surface area contributed by atoms with Gasteiger partial charge in [-0.15, -0.1) is 12.4 Å². The van der Waals surface area contributed by atoms with Crippen LogP contribution in [0.1, 0.15) is 30.1 Å². The van der Waals surface area contributed by atoms with Crippen molar-refractivity contribution in [3.8, 4) is 0 Å². The summed E-state index contributed by atoms with van der Waals surface area (Å²) >= 11 is 0. The van der Waals surface area contributed by atoms with Crippen LogP contribution in [0.5, 0.6) is 0 Å². The van der Waals surface area contributed by atoms with E-state index in [1.165, 1.54) is 4.90 Å². The van der Waals surface area contributed by atoms with Crippen LogP contribution >= 0.6 is 12.4 Å². The minimum absolute atomic E-state index is 0. The highest BCUT2D eigenvalue weighted by Gasteiger charge is 2.28. The zero-order valence-corrected chi connectivity index (χ0v) is 15.0. The summed E-state index contributed by atoms with van der Waals surface area (Å²) in [4.78, 5) is 25.9. The SMILES string of the molecule is CCNCCNC(=O)C1CCN(C(=O)c2ccc(F)cc2F)CC1.Cl. The molecular weight excluding hydrogens is 352 g/mol. The van der Waals surface area contributed by atoms with Crippen LogP contribution in [0.25, 0.3) is 0 Å². The van der Waals surface area contributed by atoms with Crippen molar-refractivity contribution >= 4 is 24.2 Å². The Kier molecular flexibility index (Phi) is 8.78. The third kappa shape index (κ3) is 5.93. The minimum atomic E-state index is -0.858. The number of benzene rings is 1. The van der Waals surface area contributed by atoms with Gasteiger partial charge in [0.25, 0.3) is 5.91 Å². The van der Waals surface area contributed by atoms with Crippen molar-refractivity contribution in [1.82, 2.24) is 15.5 Å². The maximum Gasteiger partial charge on any atom is 0.256 e. The predicted octanol–water partition coefficient (Wildman–Crippen LogP) is 1.96. The number of halogens is 3. The standard InChI is InChI=1S/C17H23F2N3O2.ClH/c1-2-20-7-8-21-16(23)12-5-9-22(10-6-12)17(24)14-4-3-13(18)11-15(14)19;/h3-4,11-12,20H,2,5-10H2,1H3,(H,21,23);1H. The van der Waals surface area contributed by atoms with E-state index in [9.17, 15) is 18.4 Å². The number of hydrogen-bond acceptors (Lipinski definition) is 3. The number of rotatable bonds is 6. The summed E-state index contributed by atoms with van der Waals surface area (Å²) in [6, 6.07) is 2.94. The Labute approximate surface area is 152 Å². The topological polar surface area (TPSA) is 61.4 Å². The maximum atomic E-state index is 13.7. The van der Waals surface area contributed by atoms with E-state index in [4.69, 9.17) is 0 Å². The second-order valence-electron chi connectivity index (χ2n) is 5.84. The summed E-state index contributed by atoms with van der Waals surface area (Å²) in [6.45, 7) is 4.94. The Morgan fingerprint density at radius 2 is 1.88 bits per heavy atom. The largest absolute Gasteiger partial charge is 0.355 e. The van der Waals surface area contributed by atoms with Crippen LogP contribution in [0.4, 0.5) is 8.78 Å². The molecule has 1 fully saturated rings. The third-order valence-corrected chi connectivity index (χ3v) is 4.17. The quantitative estimate of drug-likeness (QED) is 0.747. The molecule has 0 radical (unpaired) electrons. The summed E-state index contributed by atoms with van der Waals surface area (Å²) in [6.07, 6.45) is 1.09. The van der Waals surface area contributed by atoms with Gasteiger partial charge in [-0.3, -0.25) is 9.59 Å². The van der Waals surface area contributed by atoms with Gasteiger partial charge in [0.15, 0.2) is 0 Å². The molecule has 1 aromatic carbocycles. The van der Waals surface area contributed by atoms with E-state index in [1.807, 2.05) is 6.92 Å². The van der Waals surface area contributed by atoms with E-state index in [1.54, 1.807) is 0 Å². The molecule has 0 unspecified atom stereocenters. The monoisotopic (exact) mass is 375 g/mol. The molecule has 2 N–H and O–H groups in total. The van der Waals surface area contributed by atoms with Gasteiger partial charge < -0.3 is 15.5 Å². The van der Waals surface area contributed by atoms with Gasteiger partial charge in [-0.2, -0.15) is 0 Å². The highest BCUT2D eigenvalue weighted by molar-refractivity contribution is 5.94. The van der Waals surface area contributed by atoms with E-state index < -0.39 is 17.5 Å². The summed E-state index contributed by atoms with van der Waals surface area (Å²) in [5, 5.41) is 6.00. The first-order valence-corrected chi connectivity index (χ1v) is 8.25. The molecule has 0 spiro atoms. The Morgan fingerprint density at radius 3 is 2.48 bits per heavy atom. The van der Waals surface area contributed by atoms with Crippen molar-refractivity contribution in [3.05, 3.63) is 35.4 Å². The summed E-state index contributed by atoms with van der Waals surface area (Å²) in [7, 11) is 0. The normalized spacial score (nSPS) is 14.8. The molecule has 2 amide bonds. The molecule has 1 aliphatic heterocycles. The molecule has 140 valence electrons. The van der Waals surface area contributed by atoms with Gasteiger partial charge in [-0.25, -0.2) is 8.78 Å². The zero-order chi connectivity index (χ0) is 17.5. The first-order chi connectivity index (χ1) is 11.5. The average molecular weight is 376 g/mol. The van der Waals surface area contributed by atoms with Gasteiger partial charge in [0.1, 0.15) is 11.6 Å². The Hall–Kier alpha value is -1.73. The van der Waals surface area contributed by atoms with Crippen LogP contribution in [0, 0.1) is 17.6 Å². The highest BCUT2D eigenvalue weighted by Crippen LogP contribution is 2.20. The highest BCUT2D eigenvalue weighted by atomic mass is 35.5. The van der Waals surface area contributed by atoms with Crippen molar-refractivity contribution < 1.29 is 18.4 Å². The molecule has 0 saturated carbocycles. The summed E-state index contributed by atoms with van der Waals surface area (Å²) < 4.78 is 26.6. The Morgan fingerprint density at radius 1 is 1.20 bits per heavy atom. The van der Waals surface area contributed by atoms with Crippen molar-refractivity contribution in [1.29, 1.82) is 0 Å². The number of likely N-dealkylation sites (N-methyl/N-ethyl adjacent to an activating group) is 1. The fourth-order valence-corrected chi connectivity index (χ4v) is 2.77. The van der Waals surface area contributed by atoms with Crippen LogP contribution < -0.4 is 10.6 Å². The number of likely N-dealkylation sites (tertiary alicyclic amines) is 1. The predicted molar refractivity (Wildman–Crippen MR) is 93.8 cm³/mol. The molecule has 25 heavy (non-hydrogen) atoms. The van der Waals surface area contributed by atoms with E-state index in [2.05, 4.69) is 10.6 Å². The minimum Gasteiger partial charge on any atom is -0.355 e. The van der Waals surface area contributed by atoms with E-state index in [0.717, 1.165) is 25.2 Å². The number of amides is 2. The molecule has 8 heteroatoms. The van der Waals surface area contributed by atoms with Gasteiger partial charge in [0.2, 0.25) is 5.91 Å². The Bertz CT molecular complexity index is 593. The van der Waals surface area contributed by atoms with Gasteiger partial charge in [0.05, 0.1) is 5.56 Å². The molecule has 0 atom stereocenters. The van der Waals surface area contributed by atoms with Crippen molar-refractivity contribution in [3.63, 3.8) is 0 Å². The second kappa shape index (κ2) is 10.3. The number of carbonyl (C=O) groups is 2. The molecular formula is C17H24ClF2N3O2. The van der Waals surface area contributed by atoms with Crippen molar-refractivity contribution in [2.75, 3.05) is 32.7 Å². The molecule has 5 nitrogen and oxygen atoms in total. The first-order valence-electron chi connectivity index (χ1n) is 8.25. The average Bonchev–Trinajstić information content (AvgIpc) is 2.58. The molecule has 1 aliphatic rings. The zero-order valence-electron chi connectivity index (χ0n) is 14.2. The fourth-order valence-electron chi connectivity index (χ4n) is 2.77. The van der Waals surface area contributed by atoms with Crippen LogP contribution in [0.15, 0.2) is 18.2 Å². The smallest absolute Gasteiger partial charge is 0.256 e. The lowest BCUT2D eigenvalue weighted by Crippen LogP contribution is -2.44. The number of nitrogens with zero attached hydrogens (tertiary/aromatic N) is 1. The van der Waals surface area contributed by atoms with Crippen molar-refractivity contribution in [2.45, 2.75) is 19.8 Å². The molecule has 2 rings (SSSR count). The van der Waals surface area contributed by atoms with E-state index in [0.29, 0.717) is 38.5 Å². The van der Waals surface area contributed by atoms with Gasteiger partial charge in [-0.1, -0.05) is 6.92 Å². The van der Waals surface area contributed by atoms with Crippen molar-refractivity contribution in [2.24, 2.45) is 5.92 Å². The molecule has 1 aromatic rings. The lowest BCUT2D eigenvalue weighted by atomic mass is 9.95. The number of carbonyl (C=O) groups excluding carboxylic acids is 2. The van der Waals surface area contributed by atoms with Gasteiger partial charge >= 0.3 is 0 Å². The Balaban J connectivity index is 0.00000312. The molecule has 0 aliphatic carbocycles. The first kappa shape index (κ1) is 21.3. The second-order valence-corrected chi connectivity index (χ2v) is 5.84. The van der Waals surface area contributed by atoms with Gasteiger partial charge in [0, 0.05) is 38.2 Å². The fraction of sp³-hybridized carbons (Fsp3) is 0.529. The number of nitrogens with one attached hydrogen (secondary N) is 2. The lowest BCUT2D eigenvalue weighted by Gasteiger charge is -2.31. The third-order valence-electron chi connectivity index (χ3n) is 4.17. The van der Waals surface area contributed by atoms with Crippen LogP contribution in [-0.2, 0) is 4.79 Å². The molecule has 1 heterocycles. The number of hydrogen-bond donors (Lipinski definition) is 2. The van der Waals surface area contributed by atoms with E-state index in [-0.39, 0.29) is 29.8 Å². The van der Waals surface area contributed by atoms with Crippen LogP contribution in [0.3, 0.4) is 0 Å². The molecule has 0 bridgehead atoms. The molecule has 1 saturated heterocycles. The van der Waals surface area contributed by atoms with Crippen LogP contribution in [0.2, 0.25) is 0 Å². The maximum absolute atomic E-state index is 13.7. The lowest BCUT2D eigenvalue weighted by molar-refractivity contribution is -0.126. The molecule has 0 aromatic heterocycles. The number of piperidine rings is 1.